The van der Waals surface area contributed by atoms with Crippen LogP contribution in [0.15, 0.2) is 59.2 Å². The first-order valence-electron chi connectivity index (χ1n) is 7.67. The van der Waals surface area contributed by atoms with Gasteiger partial charge in [-0.05, 0) is 47.1 Å². The molecule has 1 aromatic carbocycles. The second-order valence-corrected chi connectivity index (χ2v) is 6.15. The zero-order valence-electron chi connectivity index (χ0n) is 13.5. The van der Waals surface area contributed by atoms with Gasteiger partial charge in [-0.3, -0.25) is 9.78 Å². The van der Waals surface area contributed by atoms with Crippen molar-refractivity contribution in [2.24, 2.45) is 0 Å². The minimum Gasteiger partial charge on any atom is -0.364 e. The lowest BCUT2D eigenvalue weighted by Gasteiger charge is -2.10. The number of aromatic nitrogens is 3. The summed E-state index contributed by atoms with van der Waals surface area (Å²) in [7, 11) is 0. The highest BCUT2D eigenvalue weighted by Gasteiger charge is 2.12. The van der Waals surface area contributed by atoms with Crippen molar-refractivity contribution in [3.8, 4) is 0 Å². The van der Waals surface area contributed by atoms with Gasteiger partial charge in [-0.2, -0.15) is 0 Å². The Morgan fingerprint density at radius 2 is 1.92 bits per heavy atom. The molecule has 3 rings (SSSR count). The standard InChI is InChI=1S/C18H16BrN5O/c1-12-22-16(18(25)24-15-8-3-2-7-14(15)19)10-17(23-12)21-11-13-6-4-5-9-20-13/h2-10H,11H2,1H3,(H,24,25)(H,21,22,23). The topological polar surface area (TPSA) is 79.8 Å². The first-order chi connectivity index (χ1) is 12.1. The van der Waals surface area contributed by atoms with Crippen molar-refractivity contribution in [2.45, 2.75) is 13.5 Å². The zero-order chi connectivity index (χ0) is 17.6. The van der Waals surface area contributed by atoms with Crippen LogP contribution in [0.5, 0.6) is 0 Å². The van der Waals surface area contributed by atoms with E-state index in [9.17, 15) is 4.79 Å². The number of anilines is 2. The van der Waals surface area contributed by atoms with Crippen molar-refractivity contribution < 1.29 is 4.79 Å². The molecule has 2 aromatic heterocycles. The monoisotopic (exact) mass is 397 g/mol. The molecule has 0 bridgehead atoms. The Labute approximate surface area is 153 Å². The molecule has 0 fully saturated rings. The molecule has 0 radical (unpaired) electrons. The molecule has 7 heteroatoms. The average molecular weight is 398 g/mol. The maximum atomic E-state index is 12.5. The second kappa shape index (κ2) is 7.85. The summed E-state index contributed by atoms with van der Waals surface area (Å²) in [6.07, 6.45) is 1.73. The van der Waals surface area contributed by atoms with Gasteiger partial charge in [0.2, 0.25) is 0 Å². The Morgan fingerprint density at radius 1 is 1.12 bits per heavy atom. The van der Waals surface area contributed by atoms with Crippen molar-refractivity contribution in [1.29, 1.82) is 0 Å². The summed E-state index contributed by atoms with van der Waals surface area (Å²) < 4.78 is 0.808. The van der Waals surface area contributed by atoms with E-state index in [4.69, 9.17) is 0 Å². The van der Waals surface area contributed by atoms with E-state index in [1.54, 1.807) is 19.2 Å². The smallest absolute Gasteiger partial charge is 0.274 e. The van der Waals surface area contributed by atoms with Crippen molar-refractivity contribution in [2.75, 3.05) is 10.6 Å². The van der Waals surface area contributed by atoms with Crippen LogP contribution in [0.2, 0.25) is 0 Å². The lowest BCUT2D eigenvalue weighted by Crippen LogP contribution is -2.16. The summed E-state index contributed by atoms with van der Waals surface area (Å²) in [5, 5.41) is 6.01. The molecule has 2 heterocycles. The number of halogens is 1. The fourth-order valence-corrected chi connectivity index (χ4v) is 2.59. The van der Waals surface area contributed by atoms with E-state index in [1.807, 2.05) is 42.5 Å². The normalized spacial score (nSPS) is 10.3. The molecule has 0 atom stereocenters. The van der Waals surface area contributed by atoms with Crippen LogP contribution in [0, 0.1) is 6.92 Å². The molecule has 0 unspecified atom stereocenters. The molecular formula is C18H16BrN5O. The summed E-state index contributed by atoms with van der Waals surface area (Å²) >= 11 is 3.41. The number of para-hydroxylation sites is 1. The second-order valence-electron chi connectivity index (χ2n) is 5.29. The zero-order valence-corrected chi connectivity index (χ0v) is 15.1. The van der Waals surface area contributed by atoms with Crippen molar-refractivity contribution >= 4 is 33.3 Å². The highest BCUT2D eigenvalue weighted by molar-refractivity contribution is 9.10. The SMILES string of the molecule is Cc1nc(NCc2ccccn2)cc(C(=O)Nc2ccccc2Br)n1. The van der Waals surface area contributed by atoms with Crippen LogP contribution >= 0.6 is 15.9 Å². The van der Waals surface area contributed by atoms with Crippen LogP contribution in [0.3, 0.4) is 0 Å². The minimum absolute atomic E-state index is 0.293. The summed E-state index contributed by atoms with van der Waals surface area (Å²) in [5.41, 5.74) is 1.87. The Bertz CT molecular complexity index is 886. The molecule has 1 amide bonds. The first-order valence-corrected chi connectivity index (χ1v) is 8.46. The fraction of sp³-hybridized carbons (Fsp3) is 0.111. The molecular weight excluding hydrogens is 382 g/mol. The number of nitrogens with one attached hydrogen (secondary N) is 2. The average Bonchev–Trinajstić information content (AvgIpc) is 2.62. The predicted molar refractivity (Wildman–Crippen MR) is 100 cm³/mol. The number of rotatable bonds is 5. The van der Waals surface area contributed by atoms with Gasteiger partial charge in [0.1, 0.15) is 17.3 Å². The van der Waals surface area contributed by atoms with E-state index < -0.39 is 0 Å². The highest BCUT2D eigenvalue weighted by atomic mass is 79.9. The van der Waals surface area contributed by atoms with Crippen LogP contribution in [0.25, 0.3) is 0 Å². The van der Waals surface area contributed by atoms with Gasteiger partial charge in [0.05, 0.1) is 17.9 Å². The number of amides is 1. The Hall–Kier alpha value is -2.80. The molecule has 0 spiro atoms. The van der Waals surface area contributed by atoms with Crippen LogP contribution in [0.4, 0.5) is 11.5 Å². The number of aryl methyl sites for hydroxylation is 1. The quantitative estimate of drug-likeness (QED) is 0.684. The third-order valence-corrected chi connectivity index (χ3v) is 4.06. The molecule has 6 nitrogen and oxygen atoms in total. The van der Waals surface area contributed by atoms with Gasteiger partial charge in [-0.15, -0.1) is 0 Å². The molecule has 0 saturated heterocycles. The largest absolute Gasteiger partial charge is 0.364 e. The molecule has 25 heavy (non-hydrogen) atoms. The maximum absolute atomic E-state index is 12.5. The van der Waals surface area contributed by atoms with Gasteiger partial charge in [0, 0.05) is 16.7 Å². The third-order valence-electron chi connectivity index (χ3n) is 3.37. The van der Waals surface area contributed by atoms with Gasteiger partial charge in [0.15, 0.2) is 0 Å². The van der Waals surface area contributed by atoms with Crippen LogP contribution in [0.1, 0.15) is 22.0 Å². The van der Waals surface area contributed by atoms with E-state index in [0.717, 1.165) is 10.2 Å². The first kappa shape index (κ1) is 17.0. The number of carbonyl (C=O) groups is 1. The fourth-order valence-electron chi connectivity index (χ4n) is 2.21. The van der Waals surface area contributed by atoms with Gasteiger partial charge >= 0.3 is 0 Å². The van der Waals surface area contributed by atoms with Crippen LogP contribution in [-0.2, 0) is 6.54 Å². The van der Waals surface area contributed by atoms with Crippen LogP contribution in [-0.4, -0.2) is 20.9 Å². The molecule has 2 N–H and O–H groups in total. The van der Waals surface area contributed by atoms with Gasteiger partial charge in [0.25, 0.3) is 5.91 Å². The number of carbonyl (C=O) groups excluding carboxylic acids is 1. The van der Waals surface area contributed by atoms with E-state index >= 15 is 0 Å². The van der Waals surface area contributed by atoms with Crippen LogP contribution < -0.4 is 10.6 Å². The molecule has 0 saturated carbocycles. The van der Waals surface area contributed by atoms with Crippen molar-refractivity contribution in [3.63, 3.8) is 0 Å². The number of pyridine rings is 1. The molecule has 0 aliphatic carbocycles. The van der Waals surface area contributed by atoms with Gasteiger partial charge in [-0.1, -0.05) is 18.2 Å². The predicted octanol–water partition coefficient (Wildman–Crippen LogP) is 3.81. The summed E-state index contributed by atoms with van der Waals surface area (Å²) in [6, 6.07) is 14.7. The number of nitrogens with zero attached hydrogens (tertiary/aromatic N) is 3. The minimum atomic E-state index is -0.293. The summed E-state index contributed by atoms with van der Waals surface area (Å²) in [4.78, 5) is 25.3. The molecule has 126 valence electrons. The Balaban J connectivity index is 1.74. The summed E-state index contributed by atoms with van der Waals surface area (Å²) in [5.74, 6) is 0.803. The van der Waals surface area contributed by atoms with Crippen molar-refractivity contribution in [1.82, 2.24) is 15.0 Å². The van der Waals surface area contributed by atoms with Gasteiger partial charge < -0.3 is 10.6 Å². The number of hydrogen-bond acceptors (Lipinski definition) is 5. The lowest BCUT2D eigenvalue weighted by atomic mass is 10.3. The number of hydrogen-bond donors (Lipinski definition) is 2. The van der Waals surface area contributed by atoms with Gasteiger partial charge in [-0.25, -0.2) is 9.97 Å². The van der Waals surface area contributed by atoms with E-state index in [1.165, 1.54) is 0 Å². The molecule has 0 aliphatic rings. The van der Waals surface area contributed by atoms with E-state index in [-0.39, 0.29) is 5.91 Å². The van der Waals surface area contributed by atoms with Crippen molar-refractivity contribution in [3.05, 3.63) is 76.4 Å². The summed E-state index contributed by atoms with van der Waals surface area (Å²) in [6.45, 7) is 2.27. The number of benzene rings is 1. The Kier molecular flexibility index (Phi) is 5.35. The highest BCUT2D eigenvalue weighted by Crippen LogP contribution is 2.22. The molecule has 3 aromatic rings. The third kappa shape index (κ3) is 4.60. The lowest BCUT2D eigenvalue weighted by molar-refractivity contribution is 0.102. The Morgan fingerprint density at radius 3 is 2.68 bits per heavy atom. The maximum Gasteiger partial charge on any atom is 0.274 e. The van der Waals surface area contributed by atoms with E-state index in [0.29, 0.717) is 29.6 Å². The van der Waals surface area contributed by atoms with E-state index in [2.05, 4.69) is 41.5 Å². The molecule has 0 aliphatic heterocycles.